The highest BCUT2D eigenvalue weighted by atomic mass is 35.5. The normalized spacial score (nSPS) is 13.2. The molecule has 0 saturated carbocycles. The smallest absolute Gasteiger partial charge is 0.267 e. The lowest BCUT2D eigenvalue weighted by molar-refractivity contribution is 0.00792. The second-order valence-electron chi connectivity index (χ2n) is 6.70. The first-order valence-electron chi connectivity index (χ1n) is 8.94. The van der Waals surface area contributed by atoms with Crippen LogP contribution in [0.1, 0.15) is 34.6 Å². The second-order valence-corrected chi connectivity index (χ2v) is 8.76. The predicted molar refractivity (Wildman–Crippen MR) is 110 cm³/mol. The topological polar surface area (TPSA) is 133 Å². The number of fused-ring (bicyclic) bond motifs is 1. The van der Waals surface area contributed by atoms with Crippen molar-refractivity contribution in [1.82, 2.24) is 20.1 Å². The molecule has 0 spiro atoms. The molecule has 2 N–H and O–H groups in total. The van der Waals surface area contributed by atoms with Crippen molar-refractivity contribution in [3.63, 3.8) is 0 Å². The van der Waals surface area contributed by atoms with Gasteiger partial charge in [-0.2, -0.15) is 5.01 Å². The number of urea groups is 2. The number of hydrazine groups is 1. The molecular weight excluding hydrogens is 448 g/mol. The summed E-state index contributed by atoms with van der Waals surface area (Å²) < 4.78 is 26.4. The zero-order valence-corrected chi connectivity index (χ0v) is 17.9. The Kier molecular flexibility index (Phi) is 6.00. The van der Waals surface area contributed by atoms with Crippen LogP contribution in [0.2, 0.25) is 5.02 Å². The molecule has 0 fully saturated rings. The van der Waals surface area contributed by atoms with Crippen molar-refractivity contribution in [1.29, 1.82) is 0 Å². The number of amides is 6. The van der Waals surface area contributed by atoms with Gasteiger partial charge in [-0.15, -0.1) is 0 Å². The van der Waals surface area contributed by atoms with E-state index in [1.165, 1.54) is 50.2 Å². The van der Waals surface area contributed by atoms with Gasteiger partial charge in [-0.1, -0.05) is 35.9 Å². The molecule has 1 aliphatic rings. The number of nitrogens with zero attached hydrogens (tertiary/aromatic N) is 2. The minimum absolute atomic E-state index is 0.108. The van der Waals surface area contributed by atoms with E-state index < -0.39 is 39.9 Å². The van der Waals surface area contributed by atoms with Gasteiger partial charge in [0.25, 0.3) is 21.8 Å². The highest BCUT2D eigenvalue weighted by Crippen LogP contribution is 2.25. The number of hydrogen-bond acceptors (Lipinski definition) is 6. The van der Waals surface area contributed by atoms with E-state index >= 15 is 0 Å². The van der Waals surface area contributed by atoms with Crippen molar-refractivity contribution in [2.24, 2.45) is 0 Å². The van der Waals surface area contributed by atoms with Crippen molar-refractivity contribution in [2.75, 3.05) is 0 Å². The lowest BCUT2D eigenvalue weighted by atomic mass is 10.1. The van der Waals surface area contributed by atoms with Crippen molar-refractivity contribution >= 4 is 45.5 Å². The van der Waals surface area contributed by atoms with Crippen molar-refractivity contribution in [3.05, 3.63) is 64.7 Å². The van der Waals surface area contributed by atoms with Crippen LogP contribution in [0, 0.1) is 0 Å². The van der Waals surface area contributed by atoms with E-state index in [-0.39, 0.29) is 21.0 Å². The Morgan fingerprint density at radius 1 is 0.968 bits per heavy atom. The van der Waals surface area contributed by atoms with Gasteiger partial charge in [0.05, 0.1) is 22.2 Å². The molecule has 31 heavy (non-hydrogen) atoms. The molecule has 10 nitrogen and oxygen atoms in total. The van der Waals surface area contributed by atoms with Gasteiger partial charge in [0, 0.05) is 0 Å². The van der Waals surface area contributed by atoms with E-state index in [9.17, 15) is 27.6 Å². The molecule has 0 atom stereocenters. The number of halogens is 1. The molecule has 0 radical (unpaired) electrons. The zero-order chi connectivity index (χ0) is 22.9. The number of hydrogen-bond donors (Lipinski definition) is 2. The molecule has 0 unspecified atom stereocenters. The highest BCUT2D eigenvalue weighted by molar-refractivity contribution is 7.90. The fourth-order valence-corrected chi connectivity index (χ4v) is 4.38. The number of imide groups is 2. The number of rotatable bonds is 4. The summed E-state index contributed by atoms with van der Waals surface area (Å²) in [5.41, 5.74) is 0.216. The van der Waals surface area contributed by atoms with Crippen molar-refractivity contribution in [3.8, 4) is 0 Å². The number of nitrogens with one attached hydrogen (secondary N) is 2. The van der Waals surface area contributed by atoms with Crippen LogP contribution in [0.25, 0.3) is 0 Å². The molecule has 2 aromatic carbocycles. The van der Waals surface area contributed by atoms with Crippen molar-refractivity contribution in [2.45, 2.75) is 24.8 Å². The molecule has 162 valence electrons. The summed E-state index contributed by atoms with van der Waals surface area (Å²) in [5, 5.41) is 3.05. The van der Waals surface area contributed by atoms with Gasteiger partial charge in [0.2, 0.25) is 0 Å². The second kappa shape index (κ2) is 8.36. The first-order chi connectivity index (χ1) is 14.5. The van der Waals surface area contributed by atoms with Gasteiger partial charge < -0.3 is 0 Å². The van der Waals surface area contributed by atoms with Crippen LogP contribution in [-0.2, 0) is 10.0 Å². The standard InChI is InChI=1S/C19H17ClN4O6S/c1-11(2)23(24-16(25)12-7-3-4-8-13(12)17(24)26)19(28)21-18(27)22-31(29,30)15-10-6-5-9-14(15)20/h3-11H,1-2H3,(H2,21,22,27,28). The molecule has 2 aromatic rings. The first-order valence-corrected chi connectivity index (χ1v) is 10.8. The third-order valence-corrected chi connectivity index (χ3v) is 6.09. The van der Waals surface area contributed by atoms with Gasteiger partial charge in [-0.05, 0) is 38.1 Å². The van der Waals surface area contributed by atoms with Crippen LogP contribution in [0.15, 0.2) is 53.4 Å². The summed E-state index contributed by atoms with van der Waals surface area (Å²) >= 11 is 5.84. The maximum atomic E-state index is 12.7. The maximum absolute atomic E-state index is 12.7. The van der Waals surface area contributed by atoms with E-state index in [4.69, 9.17) is 11.6 Å². The van der Waals surface area contributed by atoms with Crippen LogP contribution in [0.3, 0.4) is 0 Å². The largest absolute Gasteiger partial charge is 0.345 e. The highest BCUT2D eigenvalue weighted by Gasteiger charge is 2.42. The van der Waals surface area contributed by atoms with E-state index in [1.54, 1.807) is 16.9 Å². The number of carbonyl (C=O) groups is 4. The fourth-order valence-electron chi connectivity index (χ4n) is 2.95. The molecule has 1 aliphatic heterocycles. The maximum Gasteiger partial charge on any atom is 0.345 e. The minimum atomic E-state index is -4.38. The average molecular weight is 465 g/mol. The van der Waals surface area contributed by atoms with Crippen LogP contribution in [0.4, 0.5) is 9.59 Å². The summed E-state index contributed by atoms with van der Waals surface area (Å²) in [4.78, 5) is 49.9. The Labute approximate surface area is 182 Å². The van der Waals surface area contributed by atoms with Crippen LogP contribution < -0.4 is 10.0 Å². The summed E-state index contributed by atoms with van der Waals surface area (Å²) in [6.45, 7) is 3.03. The predicted octanol–water partition coefficient (Wildman–Crippen LogP) is 2.37. The molecule has 0 bridgehead atoms. The molecule has 0 aromatic heterocycles. The number of benzene rings is 2. The third-order valence-electron chi connectivity index (χ3n) is 4.26. The Hall–Kier alpha value is -3.44. The Balaban J connectivity index is 1.79. The first kappa shape index (κ1) is 22.2. The summed E-state index contributed by atoms with van der Waals surface area (Å²) in [6, 6.07) is 8.16. The molecule has 0 aliphatic carbocycles. The molecule has 0 saturated heterocycles. The monoisotopic (exact) mass is 464 g/mol. The summed E-state index contributed by atoms with van der Waals surface area (Å²) in [7, 11) is -4.38. The molecule has 12 heteroatoms. The molecular formula is C19H17ClN4O6S. The molecule has 1 heterocycles. The fraction of sp³-hybridized carbons (Fsp3) is 0.158. The number of carbonyl (C=O) groups excluding carboxylic acids is 4. The van der Waals surface area contributed by atoms with E-state index in [0.717, 1.165) is 5.01 Å². The van der Waals surface area contributed by atoms with E-state index in [0.29, 0.717) is 5.01 Å². The zero-order valence-electron chi connectivity index (χ0n) is 16.3. The molecule has 3 rings (SSSR count). The number of sulfonamides is 1. The molecule has 6 amide bonds. The lowest BCUT2D eigenvalue weighted by Gasteiger charge is -2.32. The van der Waals surface area contributed by atoms with Crippen molar-refractivity contribution < 1.29 is 27.6 Å². The quantitative estimate of drug-likeness (QED) is 0.667. The Bertz CT molecular complexity index is 1160. The van der Waals surface area contributed by atoms with Gasteiger partial charge in [0.15, 0.2) is 0 Å². The Morgan fingerprint density at radius 3 is 2.00 bits per heavy atom. The van der Waals surface area contributed by atoms with Gasteiger partial charge in [-0.3, -0.25) is 14.9 Å². The lowest BCUT2D eigenvalue weighted by Crippen LogP contribution is -2.58. The van der Waals surface area contributed by atoms with Crippen LogP contribution >= 0.6 is 11.6 Å². The summed E-state index contributed by atoms with van der Waals surface area (Å²) in [5.74, 6) is -1.48. The summed E-state index contributed by atoms with van der Waals surface area (Å²) in [6.07, 6.45) is 0. The minimum Gasteiger partial charge on any atom is -0.267 e. The van der Waals surface area contributed by atoms with Crippen LogP contribution in [-0.4, -0.2) is 48.4 Å². The average Bonchev–Trinajstić information content (AvgIpc) is 2.93. The van der Waals surface area contributed by atoms with Gasteiger partial charge >= 0.3 is 12.1 Å². The van der Waals surface area contributed by atoms with Gasteiger partial charge in [0.1, 0.15) is 4.90 Å². The van der Waals surface area contributed by atoms with E-state index in [1.807, 2.05) is 5.32 Å². The SMILES string of the molecule is CC(C)N(C(=O)NC(=O)NS(=O)(=O)c1ccccc1Cl)N1C(=O)c2ccccc2C1=O. The third kappa shape index (κ3) is 4.23. The van der Waals surface area contributed by atoms with Crippen LogP contribution in [0.5, 0.6) is 0 Å². The van der Waals surface area contributed by atoms with E-state index in [2.05, 4.69) is 0 Å². The Morgan fingerprint density at radius 2 is 1.48 bits per heavy atom. The van der Waals surface area contributed by atoms with Gasteiger partial charge in [-0.25, -0.2) is 27.7 Å².